The number of carboxylic acid groups (broad SMARTS) is 1. The maximum absolute atomic E-state index is 14.5. The number of ether oxygens (including phenoxy) is 5. The molecule has 0 saturated carbocycles. The first-order valence-corrected chi connectivity index (χ1v) is 21.5. The molecule has 4 saturated heterocycles. The molecule has 5 aliphatic heterocycles. The van der Waals surface area contributed by atoms with Crippen molar-refractivity contribution in [3.8, 4) is 0 Å². The minimum atomic E-state index is -1.53. The second kappa shape index (κ2) is 17.2. The molecule has 0 aromatic carbocycles. The van der Waals surface area contributed by atoms with Gasteiger partial charge in [0.25, 0.3) is 0 Å². The summed E-state index contributed by atoms with van der Waals surface area (Å²) in [5.74, 6) is -6.35. The van der Waals surface area contributed by atoms with Crippen molar-refractivity contribution < 1.29 is 53.4 Å². The van der Waals surface area contributed by atoms with Crippen LogP contribution < -0.4 is 0 Å². The van der Waals surface area contributed by atoms with Crippen LogP contribution in [0.2, 0.25) is 0 Å². The van der Waals surface area contributed by atoms with Crippen LogP contribution in [0.25, 0.3) is 0 Å². The van der Waals surface area contributed by atoms with Crippen LogP contribution in [0.15, 0.2) is 12.2 Å². The van der Waals surface area contributed by atoms with Crippen molar-refractivity contribution in [3.63, 3.8) is 0 Å². The molecule has 1 unspecified atom stereocenters. The van der Waals surface area contributed by atoms with E-state index >= 15 is 0 Å². The molecule has 5 heterocycles. The molecule has 314 valence electrons. The van der Waals surface area contributed by atoms with Gasteiger partial charge in [0.05, 0.1) is 55.3 Å². The average Bonchev–Trinajstić information content (AvgIpc) is 3.40. The van der Waals surface area contributed by atoms with Crippen molar-refractivity contribution in [3.05, 3.63) is 12.2 Å². The largest absolute Gasteiger partial charge is 0.481 e. The Morgan fingerprint density at radius 1 is 0.927 bits per heavy atom. The van der Waals surface area contributed by atoms with E-state index in [1.807, 2.05) is 34.6 Å². The van der Waals surface area contributed by atoms with Gasteiger partial charge >= 0.3 is 5.97 Å². The van der Waals surface area contributed by atoms with Gasteiger partial charge in [-0.15, -0.1) is 0 Å². The smallest absolute Gasteiger partial charge is 0.309 e. The highest BCUT2D eigenvalue weighted by atomic mass is 16.8. The number of aliphatic carboxylic acids is 1. The van der Waals surface area contributed by atoms with Gasteiger partial charge in [-0.3, -0.25) is 14.4 Å². The Labute approximate surface area is 329 Å². The summed E-state index contributed by atoms with van der Waals surface area (Å²) < 4.78 is 33.4. The molecule has 55 heavy (non-hydrogen) atoms. The Balaban J connectivity index is 1.32. The Kier molecular flexibility index (Phi) is 13.9. The van der Waals surface area contributed by atoms with Gasteiger partial charge in [0.15, 0.2) is 5.79 Å². The van der Waals surface area contributed by atoms with Crippen LogP contribution in [0, 0.1) is 52.8 Å². The molecule has 0 aromatic rings. The lowest BCUT2D eigenvalue weighted by Crippen LogP contribution is -2.61. The van der Waals surface area contributed by atoms with E-state index in [0.717, 1.165) is 25.7 Å². The maximum Gasteiger partial charge on any atom is 0.309 e. The third-order valence-corrected chi connectivity index (χ3v) is 15.3. The Hall–Kier alpha value is -1.73. The Morgan fingerprint density at radius 2 is 1.62 bits per heavy atom. The van der Waals surface area contributed by atoms with Crippen LogP contribution >= 0.6 is 0 Å². The summed E-state index contributed by atoms with van der Waals surface area (Å²) in [6.45, 7) is 20.4. The third kappa shape index (κ3) is 8.28. The van der Waals surface area contributed by atoms with Crippen LogP contribution in [0.1, 0.15) is 133 Å². The highest BCUT2D eigenvalue weighted by Gasteiger charge is 2.62. The van der Waals surface area contributed by atoms with E-state index in [4.69, 9.17) is 23.7 Å². The summed E-state index contributed by atoms with van der Waals surface area (Å²) in [6, 6.07) is 0. The van der Waals surface area contributed by atoms with Crippen LogP contribution in [-0.2, 0) is 38.1 Å². The van der Waals surface area contributed by atoms with Crippen molar-refractivity contribution >= 4 is 17.5 Å². The molecule has 3 N–H and O–H groups in total. The van der Waals surface area contributed by atoms with Gasteiger partial charge in [-0.2, -0.15) is 0 Å². The number of Topliss-reactive ketones (excluding diaryl/α,β-unsaturated/α-hetero) is 1. The molecule has 0 aromatic heterocycles. The minimum Gasteiger partial charge on any atom is -0.481 e. The summed E-state index contributed by atoms with van der Waals surface area (Å²) in [6.07, 6.45) is 7.27. The van der Waals surface area contributed by atoms with E-state index in [0.29, 0.717) is 45.1 Å². The van der Waals surface area contributed by atoms with E-state index < -0.39 is 65.1 Å². The van der Waals surface area contributed by atoms with E-state index in [1.54, 1.807) is 19.1 Å². The molecule has 5 aliphatic rings. The quantitative estimate of drug-likeness (QED) is 0.179. The molecule has 0 amide bonds. The molecule has 2 spiro atoms. The molecular weight excluding hydrogens is 704 g/mol. The van der Waals surface area contributed by atoms with Crippen molar-refractivity contribution in [2.75, 3.05) is 13.2 Å². The van der Waals surface area contributed by atoms with Crippen LogP contribution in [0.5, 0.6) is 0 Å². The van der Waals surface area contributed by atoms with Crippen molar-refractivity contribution in [2.45, 2.75) is 181 Å². The topological polar surface area (TPSA) is 158 Å². The Bertz CT molecular complexity index is 1400. The van der Waals surface area contributed by atoms with Crippen molar-refractivity contribution in [1.29, 1.82) is 0 Å². The SMILES string of the molecule is CCC(C(=O)O)[C@H]1CC[C@H](C)[C@H]([C@@H](C)[C@H](O)[C@H](C)C(=O)[C@H](CC)[C@H]2O[C@]3(C=CC(=O)[C@]4(CC[C@@](C)([C@H]5CC[C@@](CC)(CO)[C@H](C)OC5)O4)O3)[C@H](C)C[C@@H]2C)O1. The first-order chi connectivity index (χ1) is 25.9. The number of hydrogen-bond acceptors (Lipinski definition) is 10. The number of carbonyl (C=O) groups is 3. The molecule has 0 bridgehead atoms. The molecule has 4 fully saturated rings. The normalized spacial score (nSPS) is 43.8. The number of aliphatic hydroxyl groups excluding tert-OH is 2. The molecular formula is C44H72O11. The summed E-state index contributed by atoms with van der Waals surface area (Å²) >= 11 is 0. The first-order valence-electron chi connectivity index (χ1n) is 21.5. The molecule has 17 atom stereocenters. The van der Waals surface area contributed by atoms with Gasteiger partial charge in [0.2, 0.25) is 11.6 Å². The second-order valence-electron chi connectivity index (χ2n) is 18.6. The molecule has 11 nitrogen and oxygen atoms in total. The van der Waals surface area contributed by atoms with Crippen LogP contribution in [-0.4, -0.2) is 93.8 Å². The van der Waals surface area contributed by atoms with E-state index in [-0.39, 0.29) is 59.5 Å². The highest BCUT2D eigenvalue weighted by molar-refractivity contribution is 5.97. The molecule has 11 heteroatoms. The summed E-state index contributed by atoms with van der Waals surface area (Å²) in [4.78, 5) is 40.2. The molecule has 0 aliphatic carbocycles. The number of rotatable bonds is 13. The van der Waals surface area contributed by atoms with Gasteiger partial charge in [0.1, 0.15) is 5.78 Å². The van der Waals surface area contributed by atoms with Gasteiger partial charge in [-0.05, 0) is 95.6 Å². The zero-order chi connectivity index (χ0) is 40.7. The number of aliphatic hydroxyl groups is 2. The van der Waals surface area contributed by atoms with Crippen LogP contribution in [0.4, 0.5) is 0 Å². The zero-order valence-electron chi connectivity index (χ0n) is 35.3. The second-order valence-corrected chi connectivity index (χ2v) is 18.6. The number of carboxylic acids is 1. The van der Waals surface area contributed by atoms with Gasteiger partial charge in [-0.1, -0.05) is 55.4 Å². The minimum absolute atomic E-state index is 0.000509. The fraction of sp³-hybridized carbons (Fsp3) is 0.886. The van der Waals surface area contributed by atoms with Crippen molar-refractivity contribution in [1.82, 2.24) is 0 Å². The predicted molar refractivity (Wildman–Crippen MR) is 207 cm³/mol. The fourth-order valence-corrected chi connectivity index (χ4v) is 10.9. The van der Waals surface area contributed by atoms with Gasteiger partial charge in [-0.25, -0.2) is 0 Å². The maximum atomic E-state index is 14.5. The van der Waals surface area contributed by atoms with E-state index in [2.05, 4.69) is 27.7 Å². The van der Waals surface area contributed by atoms with Gasteiger partial charge < -0.3 is 39.0 Å². The number of hydrogen-bond donors (Lipinski definition) is 3. The highest BCUT2D eigenvalue weighted by Crippen LogP contribution is 2.54. The Morgan fingerprint density at radius 3 is 2.24 bits per heavy atom. The molecule has 0 radical (unpaired) electrons. The summed E-state index contributed by atoms with van der Waals surface area (Å²) in [5.41, 5.74) is -1.01. The monoisotopic (exact) mass is 777 g/mol. The van der Waals surface area contributed by atoms with Crippen molar-refractivity contribution in [2.24, 2.45) is 52.8 Å². The average molecular weight is 777 g/mol. The predicted octanol–water partition coefficient (Wildman–Crippen LogP) is 6.89. The standard InChI is InChI=1S/C44H72O11/c1-11-32(40(49)50)34-15-14-25(4)38(52-34)29(8)36(47)28(7)37(48)33(12-2)39-26(5)22-27(6)43(53-39)19-17-35(46)44(55-43)21-20-41(10,54-44)31-16-18-42(13-3,24-45)30(9)51-23-31/h17,19,25-34,36,38-39,45,47H,11-16,18,20-24H2,1-10H3,(H,49,50)/t25-,26-,27+,28-,29-,30-,31-,32?,33-,34+,36+,38+,39-,41-,42-,43-,44-/m0/s1. The number of ketones is 2. The van der Waals surface area contributed by atoms with E-state index in [1.165, 1.54) is 0 Å². The number of carbonyl (C=O) groups excluding carboxylic acids is 2. The lowest BCUT2D eigenvalue weighted by molar-refractivity contribution is -0.375. The fourth-order valence-electron chi connectivity index (χ4n) is 10.9. The van der Waals surface area contributed by atoms with E-state index in [9.17, 15) is 29.7 Å². The third-order valence-electron chi connectivity index (χ3n) is 15.3. The first kappa shape index (κ1) is 44.4. The molecule has 5 rings (SSSR count). The lowest BCUT2D eigenvalue weighted by Gasteiger charge is -2.52. The summed E-state index contributed by atoms with van der Waals surface area (Å²) in [5, 5.41) is 31.9. The lowest BCUT2D eigenvalue weighted by atomic mass is 9.72. The van der Waals surface area contributed by atoms with Crippen LogP contribution in [0.3, 0.4) is 0 Å². The zero-order valence-corrected chi connectivity index (χ0v) is 35.3. The summed E-state index contributed by atoms with van der Waals surface area (Å²) in [7, 11) is 0. The van der Waals surface area contributed by atoms with Gasteiger partial charge in [0, 0.05) is 41.4 Å².